The van der Waals surface area contributed by atoms with Crippen molar-refractivity contribution >= 4 is 5.91 Å². The number of piperidine rings is 1. The van der Waals surface area contributed by atoms with Crippen LogP contribution in [0, 0.1) is 0 Å². The van der Waals surface area contributed by atoms with Crippen molar-refractivity contribution in [3.63, 3.8) is 0 Å². The van der Waals surface area contributed by atoms with Gasteiger partial charge < -0.3 is 15.4 Å². The van der Waals surface area contributed by atoms with E-state index in [0.717, 1.165) is 0 Å². The Morgan fingerprint density at radius 1 is 1.22 bits per heavy atom. The van der Waals surface area contributed by atoms with Gasteiger partial charge in [-0.2, -0.15) is 0 Å². The maximum atomic E-state index is 10.2. The molecule has 0 aliphatic carbocycles. The highest BCUT2D eigenvalue weighted by Gasteiger charge is 2.31. The molecule has 0 saturated carbocycles. The van der Waals surface area contributed by atoms with E-state index in [4.69, 9.17) is 0 Å². The summed E-state index contributed by atoms with van der Waals surface area (Å²) in [6.45, 7) is 8.81. The highest BCUT2D eigenvalue weighted by molar-refractivity contribution is 5.76. The Morgan fingerprint density at radius 2 is 1.78 bits per heavy atom. The maximum absolute atomic E-state index is 10.2. The molecule has 0 bridgehead atoms. The van der Waals surface area contributed by atoms with Crippen LogP contribution in [0.4, 0.5) is 0 Å². The molecule has 0 aromatic heterocycles. The fraction of sp³-hybridized carbons (Fsp3) is 0.632. The van der Waals surface area contributed by atoms with E-state index in [0.29, 0.717) is 5.41 Å². The van der Waals surface area contributed by atoms with Crippen LogP contribution in [0.5, 0.6) is 0 Å². The molecule has 2 rings (SSSR count). The van der Waals surface area contributed by atoms with Gasteiger partial charge >= 0.3 is 0 Å². The number of likely N-dealkylation sites (N-methyl/N-ethyl adjacent to an activating group) is 1. The molecular formula is C19H34N2O2. The first-order valence-corrected chi connectivity index (χ1v) is 8.64. The molecule has 1 aliphatic rings. The molecule has 4 nitrogen and oxygen atoms in total. The molecule has 132 valence electrons. The number of ether oxygens (including phenoxy) is 1. The molecule has 1 heterocycles. The van der Waals surface area contributed by atoms with Crippen molar-refractivity contribution in [2.75, 3.05) is 33.9 Å². The summed E-state index contributed by atoms with van der Waals surface area (Å²) in [7, 11) is 3.05. The van der Waals surface area contributed by atoms with Gasteiger partial charge in [0.1, 0.15) is 6.61 Å². The van der Waals surface area contributed by atoms with Gasteiger partial charge in [-0.15, -0.1) is 0 Å². The molecule has 1 aliphatic heterocycles. The van der Waals surface area contributed by atoms with Gasteiger partial charge in [0.25, 0.3) is 0 Å². The molecule has 0 radical (unpaired) electrons. The van der Waals surface area contributed by atoms with Crippen molar-refractivity contribution in [1.29, 1.82) is 0 Å². The van der Waals surface area contributed by atoms with Gasteiger partial charge in [-0.1, -0.05) is 51.1 Å². The van der Waals surface area contributed by atoms with Crippen LogP contribution in [-0.4, -0.2) is 39.8 Å². The lowest BCUT2D eigenvalue weighted by molar-refractivity contribution is -0.124. The van der Waals surface area contributed by atoms with Crippen LogP contribution in [0.1, 0.15) is 45.6 Å². The summed E-state index contributed by atoms with van der Waals surface area (Å²) >= 11 is 0. The van der Waals surface area contributed by atoms with E-state index in [1.165, 1.54) is 45.0 Å². The van der Waals surface area contributed by atoms with Crippen molar-refractivity contribution in [2.24, 2.45) is 0 Å². The van der Waals surface area contributed by atoms with Crippen LogP contribution in [0.25, 0.3) is 0 Å². The normalized spacial score (nSPS) is 15.3. The van der Waals surface area contributed by atoms with Crippen LogP contribution < -0.4 is 10.6 Å². The molecule has 4 heteroatoms. The Balaban J connectivity index is 0.000000460. The summed E-state index contributed by atoms with van der Waals surface area (Å²) in [4.78, 5) is 10.2. The highest BCUT2D eigenvalue weighted by Crippen LogP contribution is 2.36. The summed E-state index contributed by atoms with van der Waals surface area (Å²) in [6.07, 6.45) is 3.83. The van der Waals surface area contributed by atoms with E-state index >= 15 is 0 Å². The smallest absolute Gasteiger partial charge is 0.245 e. The standard InChI is InChI=1S/C13H19N.C4H9NO2.C2H6/c1-2-13(8-10-14-11-9-13)12-6-4-3-5-7-12;1-5-4(6)3-7-2;1-2/h3-7,14H,2,8-11H2,1H3;3H2,1-2H3,(H,5,6);1-2H3. The minimum Gasteiger partial charge on any atom is -0.375 e. The number of nitrogens with one attached hydrogen (secondary N) is 2. The second-order valence-electron chi connectivity index (χ2n) is 5.36. The van der Waals surface area contributed by atoms with E-state index < -0.39 is 0 Å². The average Bonchev–Trinajstić information content (AvgIpc) is 2.65. The maximum Gasteiger partial charge on any atom is 0.245 e. The van der Waals surface area contributed by atoms with E-state index in [1.54, 1.807) is 7.05 Å². The molecular weight excluding hydrogens is 288 g/mol. The molecule has 0 atom stereocenters. The largest absolute Gasteiger partial charge is 0.375 e. The third-order valence-electron chi connectivity index (χ3n) is 4.18. The van der Waals surface area contributed by atoms with Crippen molar-refractivity contribution < 1.29 is 9.53 Å². The average molecular weight is 322 g/mol. The summed E-state index contributed by atoms with van der Waals surface area (Å²) in [5.41, 5.74) is 1.98. The number of hydrogen-bond donors (Lipinski definition) is 2. The van der Waals surface area contributed by atoms with E-state index in [9.17, 15) is 4.79 Å². The minimum atomic E-state index is -0.0949. The molecule has 0 spiro atoms. The molecule has 1 aromatic carbocycles. The minimum absolute atomic E-state index is 0.0949. The lowest BCUT2D eigenvalue weighted by atomic mass is 9.71. The third-order valence-corrected chi connectivity index (χ3v) is 4.18. The number of carbonyl (C=O) groups excluding carboxylic acids is 1. The topological polar surface area (TPSA) is 50.4 Å². The number of benzene rings is 1. The number of hydrogen-bond acceptors (Lipinski definition) is 3. The van der Waals surface area contributed by atoms with Crippen molar-refractivity contribution in [3.05, 3.63) is 35.9 Å². The lowest BCUT2D eigenvalue weighted by Crippen LogP contribution is -2.39. The molecule has 1 fully saturated rings. The Bertz CT molecular complexity index is 401. The van der Waals surface area contributed by atoms with Crippen molar-refractivity contribution in [2.45, 2.75) is 45.4 Å². The van der Waals surface area contributed by atoms with Crippen LogP contribution in [-0.2, 0) is 14.9 Å². The predicted octanol–water partition coefficient (Wildman–Crippen LogP) is 3.12. The third kappa shape index (κ3) is 7.62. The van der Waals surface area contributed by atoms with Gasteiger partial charge in [0, 0.05) is 14.2 Å². The zero-order chi connectivity index (χ0) is 17.6. The van der Waals surface area contributed by atoms with Gasteiger partial charge in [0.2, 0.25) is 5.91 Å². The summed E-state index contributed by atoms with van der Waals surface area (Å²) in [5, 5.41) is 5.85. The second kappa shape index (κ2) is 13.1. The first kappa shape index (κ1) is 21.6. The van der Waals surface area contributed by atoms with Crippen molar-refractivity contribution in [3.8, 4) is 0 Å². The molecule has 1 amide bonds. The van der Waals surface area contributed by atoms with Gasteiger partial charge in [-0.3, -0.25) is 4.79 Å². The number of rotatable bonds is 4. The van der Waals surface area contributed by atoms with Gasteiger partial charge in [0.15, 0.2) is 0 Å². The van der Waals surface area contributed by atoms with E-state index in [2.05, 4.69) is 52.6 Å². The SMILES string of the molecule is CC.CCC1(c2ccccc2)CCNCC1.CNC(=O)COC. The summed E-state index contributed by atoms with van der Waals surface area (Å²) in [5.74, 6) is -0.0949. The van der Waals surface area contributed by atoms with Gasteiger partial charge in [-0.25, -0.2) is 0 Å². The number of amides is 1. The first-order chi connectivity index (χ1) is 11.2. The summed E-state index contributed by atoms with van der Waals surface area (Å²) in [6, 6.07) is 11.0. The fourth-order valence-corrected chi connectivity index (χ4v) is 2.75. The Morgan fingerprint density at radius 3 is 2.17 bits per heavy atom. The molecule has 0 unspecified atom stereocenters. The predicted molar refractivity (Wildman–Crippen MR) is 97.8 cm³/mol. The van der Waals surface area contributed by atoms with E-state index in [1.807, 2.05) is 13.8 Å². The van der Waals surface area contributed by atoms with Gasteiger partial charge in [0.05, 0.1) is 0 Å². The molecule has 2 N–H and O–H groups in total. The second-order valence-corrected chi connectivity index (χ2v) is 5.36. The molecule has 1 saturated heterocycles. The zero-order valence-corrected chi connectivity index (χ0v) is 15.4. The summed E-state index contributed by atoms with van der Waals surface area (Å²) < 4.78 is 4.48. The number of carbonyl (C=O) groups is 1. The molecule has 1 aromatic rings. The number of methoxy groups -OCH3 is 1. The van der Waals surface area contributed by atoms with Crippen molar-refractivity contribution in [1.82, 2.24) is 10.6 Å². The van der Waals surface area contributed by atoms with Crippen LogP contribution in [0.15, 0.2) is 30.3 Å². The Hall–Kier alpha value is -1.39. The Labute approximate surface area is 142 Å². The van der Waals surface area contributed by atoms with Crippen LogP contribution >= 0.6 is 0 Å². The fourth-order valence-electron chi connectivity index (χ4n) is 2.75. The van der Waals surface area contributed by atoms with E-state index in [-0.39, 0.29) is 12.5 Å². The first-order valence-electron chi connectivity index (χ1n) is 8.64. The molecule has 23 heavy (non-hydrogen) atoms. The quantitative estimate of drug-likeness (QED) is 0.895. The Kier molecular flexibility index (Phi) is 12.3. The highest BCUT2D eigenvalue weighted by atomic mass is 16.5. The zero-order valence-electron chi connectivity index (χ0n) is 15.4. The lowest BCUT2D eigenvalue weighted by Gasteiger charge is -2.37. The van der Waals surface area contributed by atoms with Crippen LogP contribution in [0.2, 0.25) is 0 Å². The van der Waals surface area contributed by atoms with Crippen LogP contribution in [0.3, 0.4) is 0 Å². The monoisotopic (exact) mass is 322 g/mol. The van der Waals surface area contributed by atoms with Gasteiger partial charge in [-0.05, 0) is 43.3 Å².